The van der Waals surface area contributed by atoms with Crippen molar-refractivity contribution >= 4 is 58.7 Å². The van der Waals surface area contributed by atoms with E-state index in [0.29, 0.717) is 5.56 Å². The molecule has 0 spiro atoms. The summed E-state index contributed by atoms with van der Waals surface area (Å²) in [7, 11) is 0. The fourth-order valence-electron chi connectivity index (χ4n) is 3.81. The van der Waals surface area contributed by atoms with E-state index in [4.69, 9.17) is 16.3 Å². The highest BCUT2D eigenvalue weighted by atomic mass is 35.5. The molecule has 1 saturated heterocycles. The lowest BCUT2D eigenvalue weighted by molar-refractivity contribution is -0.384. The Labute approximate surface area is 226 Å². The molecule has 13 nitrogen and oxygen atoms in total. The van der Waals surface area contributed by atoms with Gasteiger partial charge in [0, 0.05) is 30.7 Å². The third-order valence-corrected chi connectivity index (χ3v) is 7.56. The number of thioether (sulfide) groups is 1. The molecule has 2 unspecified atom stereocenters. The number of nitrogens with one attached hydrogen (secondary N) is 2. The van der Waals surface area contributed by atoms with Crippen molar-refractivity contribution < 1.29 is 38.7 Å². The molecule has 3 rings (SSSR count). The summed E-state index contributed by atoms with van der Waals surface area (Å²) in [5.41, 5.74) is 0.131. The summed E-state index contributed by atoms with van der Waals surface area (Å²) in [6.07, 6.45) is 0.338. The Kier molecular flexibility index (Phi) is 9.69. The zero-order valence-electron chi connectivity index (χ0n) is 20.2. The minimum Gasteiger partial charge on any atom is -0.477 e. The molecular formula is C23H25ClN4O9S. The largest absolute Gasteiger partial charge is 0.477 e. The van der Waals surface area contributed by atoms with E-state index < -0.39 is 46.1 Å². The highest BCUT2D eigenvalue weighted by Gasteiger charge is 2.54. The second kappa shape index (κ2) is 12.7. The number of fused-ring (bicyclic) bond motifs is 1. The molecule has 3 amide bonds. The molecule has 2 heterocycles. The van der Waals surface area contributed by atoms with Gasteiger partial charge in [-0.1, -0.05) is 18.5 Å². The van der Waals surface area contributed by atoms with Gasteiger partial charge in [-0.2, -0.15) is 0 Å². The fraction of sp³-hybridized carbons (Fsp3) is 0.435. The Hall–Kier alpha value is -3.65. The number of hydrogen-bond donors (Lipinski definition) is 3. The van der Waals surface area contributed by atoms with E-state index in [-0.39, 0.29) is 60.4 Å². The van der Waals surface area contributed by atoms with Gasteiger partial charge in [0.25, 0.3) is 11.6 Å². The number of esters is 1. The van der Waals surface area contributed by atoms with E-state index in [0.717, 1.165) is 4.90 Å². The molecule has 204 valence electrons. The summed E-state index contributed by atoms with van der Waals surface area (Å²) in [6, 6.07) is 3.55. The molecule has 3 N–H and O–H groups in total. The van der Waals surface area contributed by atoms with Crippen molar-refractivity contribution in [3.63, 3.8) is 0 Å². The standard InChI is InChI=1S/C23H25ClN4O9S/c1-2-16(29)25-15(23(34)37-10-12-6-8-13(9-7-12)28(35)36)4-3-5-17(30)26-18-20(31)27-19(22(32)33)14(24)11-38-21(18)27/h6-9,15,18,21H,2-5,10-11H2,1H3,(H,25,29)(H,26,30)(H,32,33)/t15?,18?,21-/m0/s1. The number of hydrogen-bond acceptors (Lipinski definition) is 9. The van der Waals surface area contributed by atoms with Crippen LogP contribution < -0.4 is 10.6 Å². The first-order valence-electron chi connectivity index (χ1n) is 11.6. The zero-order valence-corrected chi connectivity index (χ0v) is 21.8. The molecule has 0 aromatic heterocycles. The molecule has 0 aliphatic carbocycles. The summed E-state index contributed by atoms with van der Waals surface area (Å²) < 4.78 is 5.26. The second-order valence-corrected chi connectivity index (χ2v) is 9.97. The van der Waals surface area contributed by atoms with Crippen LogP contribution in [0, 0.1) is 10.1 Å². The Morgan fingerprint density at radius 3 is 2.55 bits per heavy atom. The van der Waals surface area contributed by atoms with Gasteiger partial charge in [-0.25, -0.2) is 9.59 Å². The number of carbonyl (C=O) groups excluding carboxylic acids is 4. The number of carboxylic acid groups (broad SMARTS) is 1. The van der Waals surface area contributed by atoms with E-state index in [9.17, 15) is 39.2 Å². The molecule has 1 aromatic carbocycles. The summed E-state index contributed by atoms with van der Waals surface area (Å²) in [4.78, 5) is 72.1. The molecule has 2 aliphatic heterocycles. The van der Waals surface area contributed by atoms with Crippen LogP contribution in [-0.4, -0.2) is 67.8 Å². The molecule has 15 heteroatoms. The lowest BCUT2D eigenvalue weighted by atomic mass is 10.0. The molecular weight excluding hydrogens is 544 g/mol. The topological polar surface area (TPSA) is 185 Å². The van der Waals surface area contributed by atoms with Gasteiger partial charge in [0.05, 0.1) is 9.96 Å². The first-order chi connectivity index (χ1) is 18.0. The minimum atomic E-state index is -1.32. The second-order valence-electron chi connectivity index (χ2n) is 8.41. The molecule has 2 aliphatic rings. The maximum atomic E-state index is 12.6. The van der Waals surface area contributed by atoms with Gasteiger partial charge in [0.15, 0.2) is 0 Å². The number of ether oxygens (including phenoxy) is 1. The Balaban J connectivity index is 1.50. The minimum absolute atomic E-state index is 0.0532. The number of β-lactam (4-membered cyclic amide) rings is 1. The SMILES string of the molecule is CCC(=O)NC(CCCC(=O)NC1C(=O)N2C(C(=O)O)=C(Cl)CS[C@@H]12)C(=O)OCc1ccc([N+](=O)[O-])cc1. The Bertz CT molecular complexity index is 1170. The average molecular weight is 569 g/mol. The van der Waals surface area contributed by atoms with Crippen LogP contribution in [-0.2, 0) is 35.3 Å². The Morgan fingerprint density at radius 1 is 1.26 bits per heavy atom. The predicted molar refractivity (Wildman–Crippen MR) is 135 cm³/mol. The number of nitro groups is 1. The van der Waals surface area contributed by atoms with E-state index in [1.54, 1.807) is 6.92 Å². The first kappa shape index (κ1) is 28.9. The number of rotatable bonds is 12. The van der Waals surface area contributed by atoms with Crippen LogP contribution in [0.1, 0.15) is 38.2 Å². The van der Waals surface area contributed by atoms with Crippen molar-refractivity contribution in [1.82, 2.24) is 15.5 Å². The number of aliphatic carboxylic acids is 1. The number of nitro benzene ring substituents is 1. The van der Waals surface area contributed by atoms with E-state index >= 15 is 0 Å². The lowest BCUT2D eigenvalue weighted by Gasteiger charge is -2.48. The maximum Gasteiger partial charge on any atom is 0.353 e. The first-order valence-corrected chi connectivity index (χ1v) is 13.0. The number of amides is 3. The van der Waals surface area contributed by atoms with Crippen molar-refractivity contribution in [3.8, 4) is 0 Å². The van der Waals surface area contributed by atoms with E-state index in [1.807, 2.05) is 0 Å². The predicted octanol–water partition coefficient (Wildman–Crippen LogP) is 1.64. The lowest BCUT2D eigenvalue weighted by Crippen LogP contribution is -2.70. The smallest absolute Gasteiger partial charge is 0.353 e. The van der Waals surface area contributed by atoms with Crippen LogP contribution in [0.25, 0.3) is 0 Å². The third kappa shape index (κ3) is 6.81. The quantitative estimate of drug-likeness (QED) is 0.145. The number of non-ortho nitro benzene ring substituents is 1. The van der Waals surface area contributed by atoms with Gasteiger partial charge >= 0.3 is 11.9 Å². The maximum absolute atomic E-state index is 12.6. The van der Waals surface area contributed by atoms with Gasteiger partial charge in [-0.15, -0.1) is 11.8 Å². The van der Waals surface area contributed by atoms with Crippen LogP contribution in [0.3, 0.4) is 0 Å². The number of carbonyl (C=O) groups is 5. The van der Waals surface area contributed by atoms with Crippen LogP contribution in [0.15, 0.2) is 35.0 Å². The van der Waals surface area contributed by atoms with Gasteiger partial charge in [0.1, 0.15) is 29.8 Å². The average Bonchev–Trinajstić information content (AvgIpc) is 2.89. The molecule has 1 aromatic rings. The normalized spacial score (nSPS) is 19.1. The van der Waals surface area contributed by atoms with E-state index in [2.05, 4.69) is 10.6 Å². The van der Waals surface area contributed by atoms with Crippen LogP contribution >= 0.6 is 23.4 Å². The van der Waals surface area contributed by atoms with Crippen molar-refractivity contribution in [2.75, 3.05) is 5.75 Å². The molecule has 0 radical (unpaired) electrons. The van der Waals surface area contributed by atoms with Gasteiger partial charge in [-0.05, 0) is 30.5 Å². The van der Waals surface area contributed by atoms with Crippen molar-refractivity contribution in [3.05, 3.63) is 50.7 Å². The number of benzene rings is 1. The summed E-state index contributed by atoms with van der Waals surface area (Å²) in [5, 5.41) is 24.7. The Morgan fingerprint density at radius 2 is 1.95 bits per heavy atom. The van der Waals surface area contributed by atoms with Gasteiger partial charge in [0.2, 0.25) is 11.8 Å². The number of halogens is 1. The third-order valence-electron chi connectivity index (χ3n) is 5.81. The summed E-state index contributed by atoms with van der Waals surface area (Å²) in [6.45, 7) is 1.45. The highest BCUT2D eigenvalue weighted by Crippen LogP contribution is 2.41. The fourth-order valence-corrected chi connectivity index (χ4v) is 5.36. The van der Waals surface area contributed by atoms with Crippen molar-refractivity contribution in [1.29, 1.82) is 0 Å². The van der Waals surface area contributed by atoms with Gasteiger partial charge in [-0.3, -0.25) is 29.4 Å². The van der Waals surface area contributed by atoms with Crippen molar-refractivity contribution in [2.24, 2.45) is 0 Å². The molecule has 0 saturated carbocycles. The zero-order chi connectivity index (χ0) is 28.0. The monoisotopic (exact) mass is 568 g/mol. The van der Waals surface area contributed by atoms with Crippen LogP contribution in [0.5, 0.6) is 0 Å². The summed E-state index contributed by atoms with van der Waals surface area (Å²) >= 11 is 7.18. The summed E-state index contributed by atoms with van der Waals surface area (Å²) in [5.74, 6) is -3.28. The van der Waals surface area contributed by atoms with Gasteiger partial charge < -0.3 is 20.5 Å². The highest BCUT2D eigenvalue weighted by molar-refractivity contribution is 8.00. The van der Waals surface area contributed by atoms with Crippen LogP contribution in [0.2, 0.25) is 0 Å². The van der Waals surface area contributed by atoms with Crippen molar-refractivity contribution in [2.45, 2.75) is 56.7 Å². The number of carboxylic acids is 1. The number of nitrogens with zero attached hydrogens (tertiary/aromatic N) is 2. The molecule has 3 atom stereocenters. The molecule has 1 fully saturated rings. The van der Waals surface area contributed by atoms with E-state index in [1.165, 1.54) is 36.0 Å². The molecule has 38 heavy (non-hydrogen) atoms. The van der Waals surface area contributed by atoms with Crippen LogP contribution in [0.4, 0.5) is 5.69 Å². The molecule has 0 bridgehead atoms.